The number of rotatable bonds is 5. The van der Waals surface area contributed by atoms with Gasteiger partial charge >= 0.3 is 12.1 Å². The normalized spacial score (nSPS) is 12.1. The number of amides is 1. The first kappa shape index (κ1) is 18.1. The molecule has 0 saturated carbocycles. The molecule has 2 N–H and O–H groups in total. The molecule has 25 heavy (non-hydrogen) atoms. The molecule has 1 unspecified atom stereocenters. The van der Waals surface area contributed by atoms with Gasteiger partial charge in [-0.3, -0.25) is 4.79 Å². The van der Waals surface area contributed by atoms with Crippen LogP contribution in [0.3, 0.4) is 0 Å². The number of alkyl halides is 3. The van der Waals surface area contributed by atoms with Crippen LogP contribution >= 0.6 is 0 Å². The largest absolute Gasteiger partial charge is 0.471 e. The average Bonchev–Trinajstić information content (AvgIpc) is 2.58. The van der Waals surface area contributed by atoms with E-state index in [1.807, 2.05) is 6.07 Å². The van der Waals surface area contributed by atoms with Gasteiger partial charge in [-0.1, -0.05) is 12.1 Å². The standard InChI is InChI=1S/C15H11F4N5O/c16-11-3-1-10(2-4-11)12(8-21-13(25)15(17,18)19)24-14-22-6-9(5-20)7-23-14/h1-4,6-7,12H,8H2,(H,21,25)(H,22,23,24). The van der Waals surface area contributed by atoms with Crippen molar-refractivity contribution < 1.29 is 22.4 Å². The van der Waals surface area contributed by atoms with Crippen LogP contribution in [0, 0.1) is 17.1 Å². The lowest BCUT2D eigenvalue weighted by atomic mass is 10.1. The Balaban J connectivity index is 2.17. The molecule has 2 rings (SSSR count). The van der Waals surface area contributed by atoms with Gasteiger partial charge in [-0.05, 0) is 17.7 Å². The fraction of sp³-hybridized carbons (Fsp3) is 0.200. The number of nitrogens with zero attached hydrogens (tertiary/aromatic N) is 3. The molecule has 0 aliphatic rings. The van der Waals surface area contributed by atoms with Crippen LogP contribution in [-0.4, -0.2) is 28.6 Å². The summed E-state index contributed by atoms with van der Waals surface area (Å²) in [6, 6.07) is 5.96. The number of carbonyl (C=O) groups excluding carboxylic acids is 1. The van der Waals surface area contributed by atoms with E-state index < -0.39 is 30.5 Å². The minimum atomic E-state index is -5.02. The van der Waals surface area contributed by atoms with Gasteiger partial charge in [-0.2, -0.15) is 18.4 Å². The molecule has 0 radical (unpaired) electrons. The van der Waals surface area contributed by atoms with E-state index in [2.05, 4.69) is 15.3 Å². The fourth-order valence-electron chi connectivity index (χ4n) is 1.86. The smallest absolute Gasteiger partial charge is 0.346 e. The highest BCUT2D eigenvalue weighted by Crippen LogP contribution is 2.19. The predicted molar refractivity (Wildman–Crippen MR) is 78.6 cm³/mol. The Hall–Kier alpha value is -3.22. The number of hydrogen-bond donors (Lipinski definition) is 2. The van der Waals surface area contributed by atoms with Crippen molar-refractivity contribution in [3.8, 4) is 6.07 Å². The molecule has 1 heterocycles. The second-order valence-corrected chi connectivity index (χ2v) is 4.86. The Morgan fingerprint density at radius 2 is 1.80 bits per heavy atom. The maximum atomic E-state index is 13.0. The zero-order valence-corrected chi connectivity index (χ0v) is 12.5. The summed E-state index contributed by atoms with van der Waals surface area (Å²) in [5, 5.41) is 13.2. The first-order chi connectivity index (χ1) is 11.8. The average molecular weight is 353 g/mol. The van der Waals surface area contributed by atoms with Gasteiger partial charge in [-0.25, -0.2) is 14.4 Å². The number of anilines is 1. The Morgan fingerprint density at radius 1 is 1.20 bits per heavy atom. The van der Waals surface area contributed by atoms with Crippen molar-refractivity contribution in [2.75, 3.05) is 11.9 Å². The zero-order chi connectivity index (χ0) is 18.4. The molecule has 130 valence electrons. The molecule has 1 atom stereocenters. The maximum absolute atomic E-state index is 13.0. The summed E-state index contributed by atoms with van der Waals surface area (Å²) >= 11 is 0. The lowest BCUT2D eigenvalue weighted by molar-refractivity contribution is -0.173. The highest BCUT2D eigenvalue weighted by atomic mass is 19.4. The molecule has 0 saturated heterocycles. The molecule has 0 aliphatic carbocycles. The molecular weight excluding hydrogens is 342 g/mol. The second-order valence-electron chi connectivity index (χ2n) is 4.86. The summed E-state index contributed by atoms with van der Waals surface area (Å²) < 4.78 is 50.0. The van der Waals surface area contributed by atoms with Crippen LogP contribution in [0.2, 0.25) is 0 Å². The number of benzene rings is 1. The Morgan fingerprint density at radius 3 is 2.32 bits per heavy atom. The minimum Gasteiger partial charge on any atom is -0.346 e. The van der Waals surface area contributed by atoms with Crippen LogP contribution < -0.4 is 10.6 Å². The van der Waals surface area contributed by atoms with Crippen LogP contribution in [0.25, 0.3) is 0 Å². The number of hydrogen-bond acceptors (Lipinski definition) is 5. The highest BCUT2D eigenvalue weighted by Gasteiger charge is 2.38. The van der Waals surface area contributed by atoms with Crippen molar-refractivity contribution in [2.24, 2.45) is 0 Å². The van der Waals surface area contributed by atoms with Crippen LogP contribution in [0.15, 0.2) is 36.7 Å². The third-order valence-electron chi connectivity index (χ3n) is 3.08. The van der Waals surface area contributed by atoms with E-state index in [9.17, 15) is 22.4 Å². The van der Waals surface area contributed by atoms with Crippen LogP contribution in [0.1, 0.15) is 17.2 Å². The Bertz CT molecular complexity index is 768. The van der Waals surface area contributed by atoms with E-state index in [4.69, 9.17) is 5.26 Å². The van der Waals surface area contributed by atoms with Gasteiger partial charge in [0.05, 0.1) is 24.0 Å². The molecule has 0 aliphatic heterocycles. The van der Waals surface area contributed by atoms with Gasteiger partial charge in [0.2, 0.25) is 5.95 Å². The molecular formula is C15H11F4N5O. The van der Waals surface area contributed by atoms with Crippen molar-refractivity contribution in [3.63, 3.8) is 0 Å². The van der Waals surface area contributed by atoms with Crippen LogP contribution in [0.4, 0.5) is 23.5 Å². The summed E-state index contributed by atoms with van der Waals surface area (Å²) in [5.41, 5.74) is 0.617. The number of carbonyl (C=O) groups is 1. The zero-order valence-electron chi connectivity index (χ0n) is 12.5. The van der Waals surface area contributed by atoms with Gasteiger partial charge in [0.25, 0.3) is 0 Å². The Kier molecular flexibility index (Phi) is 5.49. The second kappa shape index (κ2) is 7.57. The monoisotopic (exact) mass is 353 g/mol. The Labute approximate surface area is 139 Å². The molecule has 0 bridgehead atoms. The van der Waals surface area contributed by atoms with E-state index in [0.717, 1.165) is 12.1 Å². The third-order valence-corrected chi connectivity index (χ3v) is 3.08. The number of nitrogens with one attached hydrogen (secondary N) is 2. The van der Waals surface area contributed by atoms with Gasteiger partial charge in [0.15, 0.2) is 0 Å². The topological polar surface area (TPSA) is 90.7 Å². The fourth-order valence-corrected chi connectivity index (χ4v) is 1.86. The number of aromatic nitrogens is 2. The van der Waals surface area contributed by atoms with Gasteiger partial charge in [-0.15, -0.1) is 0 Å². The molecule has 2 aromatic rings. The van der Waals surface area contributed by atoms with E-state index in [0.29, 0.717) is 5.56 Å². The molecule has 1 aromatic heterocycles. The van der Waals surface area contributed by atoms with Gasteiger partial charge in [0, 0.05) is 6.54 Å². The summed E-state index contributed by atoms with van der Waals surface area (Å²) in [5.74, 6) is -2.58. The number of halogens is 4. The van der Waals surface area contributed by atoms with Crippen LogP contribution in [0.5, 0.6) is 0 Å². The molecule has 0 spiro atoms. The van der Waals surface area contributed by atoms with E-state index in [-0.39, 0.29) is 11.5 Å². The van der Waals surface area contributed by atoms with Crippen molar-refractivity contribution in [3.05, 3.63) is 53.6 Å². The summed E-state index contributed by atoms with van der Waals surface area (Å²) in [6.45, 7) is -0.437. The lowest BCUT2D eigenvalue weighted by Gasteiger charge is -2.20. The summed E-state index contributed by atoms with van der Waals surface area (Å²) in [7, 11) is 0. The molecule has 1 aromatic carbocycles. The summed E-state index contributed by atoms with van der Waals surface area (Å²) in [4.78, 5) is 18.7. The summed E-state index contributed by atoms with van der Waals surface area (Å²) in [6.07, 6.45) is -2.56. The lowest BCUT2D eigenvalue weighted by Crippen LogP contribution is -2.40. The molecule has 10 heteroatoms. The van der Waals surface area contributed by atoms with Crippen LogP contribution in [-0.2, 0) is 4.79 Å². The van der Waals surface area contributed by atoms with E-state index >= 15 is 0 Å². The van der Waals surface area contributed by atoms with Crippen molar-refractivity contribution in [1.82, 2.24) is 15.3 Å². The number of nitriles is 1. The SMILES string of the molecule is N#Cc1cnc(NC(CNC(=O)C(F)(F)F)c2ccc(F)cc2)nc1. The van der Waals surface area contributed by atoms with Crippen molar-refractivity contribution >= 4 is 11.9 Å². The molecule has 6 nitrogen and oxygen atoms in total. The third kappa shape index (κ3) is 5.13. The molecule has 0 fully saturated rings. The molecule has 1 amide bonds. The van der Waals surface area contributed by atoms with E-state index in [1.165, 1.54) is 24.5 Å². The first-order valence-corrected chi connectivity index (χ1v) is 6.89. The van der Waals surface area contributed by atoms with Gasteiger partial charge in [0.1, 0.15) is 11.9 Å². The van der Waals surface area contributed by atoms with E-state index in [1.54, 1.807) is 5.32 Å². The first-order valence-electron chi connectivity index (χ1n) is 6.89. The van der Waals surface area contributed by atoms with Crippen molar-refractivity contribution in [1.29, 1.82) is 5.26 Å². The quantitative estimate of drug-likeness (QED) is 0.805. The highest BCUT2D eigenvalue weighted by molar-refractivity contribution is 5.81. The minimum absolute atomic E-state index is 0.0367. The predicted octanol–water partition coefficient (Wildman–Crippen LogP) is 2.32. The van der Waals surface area contributed by atoms with Crippen molar-refractivity contribution in [2.45, 2.75) is 12.2 Å². The maximum Gasteiger partial charge on any atom is 0.471 e. The van der Waals surface area contributed by atoms with Gasteiger partial charge < -0.3 is 10.6 Å².